The molecule has 0 aromatic carbocycles. The molecular weight excluding hydrogens is 228 g/mol. The summed E-state index contributed by atoms with van der Waals surface area (Å²) in [4.78, 5) is 4.13. The van der Waals surface area contributed by atoms with Crippen molar-refractivity contribution in [2.24, 2.45) is 0 Å². The van der Waals surface area contributed by atoms with E-state index in [9.17, 15) is 0 Å². The fourth-order valence-electron chi connectivity index (χ4n) is 1.17. The fourth-order valence-corrected chi connectivity index (χ4v) is 1.33. The Labute approximate surface area is 87.8 Å². The molecule has 0 radical (unpaired) electrons. The lowest BCUT2D eigenvalue weighted by atomic mass is 10.3. The van der Waals surface area contributed by atoms with E-state index in [-0.39, 0.29) is 0 Å². The molecule has 2 nitrogen and oxygen atoms in total. The van der Waals surface area contributed by atoms with Crippen LogP contribution in [0.1, 0.15) is 26.0 Å². The average molecular weight is 243 g/mol. The van der Waals surface area contributed by atoms with Crippen LogP contribution in [0.5, 0.6) is 0 Å². The van der Waals surface area contributed by atoms with Crippen molar-refractivity contribution >= 4 is 22.0 Å². The third-order valence-corrected chi connectivity index (χ3v) is 2.70. The molecule has 1 heterocycles. The number of rotatable bonds is 4. The number of nitrogens with zero attached hydrogens (tertiary/aromatic N) is 2. The molecule has 1 aromatic heterocycles. The highest BCUT2D eigenvalue weighted by Gasteiger charge is 1.97. The van der Waals surface area contributed by atoms with Crippen LogP contribution in [0.2, 0.25) is 0 Å². The van der Waals surface area contributed by atoms with E-state index in [1.807, 2.05) is 12.5 Å². The zero-order chi connectivity index (χ0) is 9.68. The average Bonchev–Trinajstić information content (AvgIpc) is 2.54. The molecule has 1 rings (SSSR count). The molecule has 0 spiro atoms. The number of imidazole rings is 1. The van der Waals surface area contributed by atoms with E-state index in [4.69, 9.17) is 0 Å². The fraction of sp³-hybridized carbons (Fsp3) is 0.500. The number of aromatic nitrogens is 2. The molecule has 1 aromatic rings. The first-order chi connectivity index (χ1) is 6.27. The SMILES string of the molecule is CCCn1cncc1C=C(C)CBr. The standard InChI is InChI=1S/C10H15BrN2/c1-3-4-13-8-12-7-10(13)5-9(2)6-11/h5,7-8H,3-4,6H2,1-2H3. The topological polar surface area (TPSA) is 17.8 Å². The van der Waals surface area contributed by atoms with E-state index in [1.54, 1.807) is 0 Å². The van der Waals surface area contributed by atoms with Gasteiger partial charge in [0.05, 0.1) is 18.2 Å². The van der Waals surface area contributed by atoms with Gasteiger partial charge in [-0.3, -0.25) is 0 Å². The minimum absolute atomic E-state index is 0.921. The highest BCUT2D eigenvalue weighted by Crippen LogP contribution is 2.08. The number of alkyl halides is 1. The van der Waals surface area contributed by atoms with E-state index >= 15 is 0 Å². The van der Waals surface area contributed by atoms with Gasteiger partial charge in [-0.25, -0.2) is 4.98 Å². The minimum Gasteiger partial charge on any atom is -0.331 e. The van der Waals surface area contributed by atoms with Crippen molar-refractivity contribution in [1.82, 2.24) is 9.55 Å². The predicted molar refractivity (Wildman–Crippen MR) is 60.0 cm³/mol. The molecule has 0 aliphatic heterocycles. The van der Waals surface area contributed by atoms with Gasteiger partial charge in [-0.05, 0) is 19.4 Å². The first-order valence-corrected chi connectivity index (χ1v) is 5.63. The van der Waals surface area contributed by atoms with Crippen LogP contribution in [-0.4, -0.2) is 14.9 Å². The number of hydrogen-bond acceptors (Lipinski definition) is 1. The van der Waals surface area contributed by atoms with Crippen molar-refractivity contribution in [3.8, 4) is 0 Å². The molecule has 72 valence electrons. The van der Waals surface area contributed by atoms with Crippen molar-refractivity contribution < 1.29 is 0 Å². The summed E-state index contributed by atoms with van der Waals surface area (Å²) in [6.45, 7) is 5.32. The largest absolute Gasteiger partial charge is 0.331 e. The normalized spacial score (nSPS) is 12.1. The van der Waals surface area contributed by atoms with Gasteiger partial charge >= 0.3 is 0 Å². The summed E-state index contributed by atoms with van der Waals surface area (Å²) in [7, 11) is 0. The summed E-state index contributed by atoms with van der Waals surface area (Å²) in [5.41, 5.74) is 2.51. The van der Waals surface area contributed by atoms with Crippen molar-refractivity contribution in [2.45, 2.75) is 26.8 Å². The zero-order valence-corrected chi connectivity index (χ0v) is 9.71. The van der Waals surface area contributed by atoms with Crippen LogP contribution < -0.4 is 0 Å². The van der Waals surface area contributed by atoms with Crippen LogP contribution >= 0.6 is 15.9 Å². The Morgan fingerprint density at radius 2 is 2.46 bits per heavy atom. The second-order valence-corrected chi connectivity index (χ2v) is 3.70. The van der Waals surface area contributed by atoms with Crippen LogP contribution in [0.15, 0.2) is 18.1 Å². The molecule has 0 bridgehead atoms. The van der Waals surface area contributed by atoms with Gasteiger partial charge in [0.25, 0.3) is 0 Å². The van der Waals surface area contributed by atoms with Crippen molar-refractivity contribution in [2.75, 3.05) is 5.33 Å². The van der Waals surface area contributed by atoms with E-state index in [0.717, 1.165) is 18.3 Å². The Morgan fingerprint density at radius 1 is 1.69 bits per heavy atom. The maximum absolute atomic E-state index is 4.13. The van der Waals surface area contributed by atoms with Crippen LogP contribution in [0.4, 0.5) is 0 Å². The van der Waals surface area contributed by atoms with Gasteiger partial charge < -0.3 is 4.57 Å². The molecule has 0 amide bonds. The van der Waals surface area contributed by atoms with Gasteiger partial charge in [0.15, 0.2) is 0 Å². The lowest BCUT2D eigenvalue weighted by Gasteiger charge is -2.02. The number of aryl methyl sites for hydroxylation is 1. The predicted octanol–water partition coefficient (Wildman–Crippen LogP) is 3.09. The molecule has 0 saturated carbocycles. The molecule has 0 aliphatic carbocycles. The Balaban J connectivity index is 2.81. The third kappa shape index (κ3) is 2.99. The van der Waals surface area contributed by atoms with Gasteiger partial charge in [-0.2, -0.15) is 0 Å². The molecule has 0 saturated heterocycles. The first kappa shape index (κ1) is 10.5. The summed E-state index contributed by atoms with van der Waals surface area (Å²) in [6, 6.07) is 0. The smallest absolute Gasteiger partial charge is 0.0950 e. The minimum atomic E-state index is 0.921. The second-order valence-electron chi connectivity index (χ2n) is 3.14. The van der Waals surface area contributed by atoms with Gasteiger partial charge in [0.2, 0.25) is 0 Å². The summed E-state index contributed by atoms with van der Waals surface area (Å²) in [5.74, 6) is 0. The van der Waals surface area contributed by atoms with E-state index < -0.39 is 0 Å². The lowest BCUT2D eigenvalue weighted by Crippen LogP contribution is -1.97. The third-order valence-electron chi connectivity index (χ3n) is 1.81. The molecule has 13 heavy (non-hydrogen) atoms. The Kier molecular flexibility index (Phi) is 4.22. The van der Waals surface area contributed by atoms with Crippen LogP contribution in [0.3, 0.4) is 0 Å². The summed E-state index contributed by atoms with van der Waals surface area (Å²) in [6.07, 6.45) is 7.10. The maximum Gasteiger partial charge on any atom is 0.0950 e. The quantitative estimate of drug-likeness (QED) is 0.743. The number of halogens is 1. The van der Waals surface area contributed by atoms with Gasteiger partial charge in [-0.15, -0.1) is 0 Å². The van der Waals surface area contributed by atoms with Crippen LogP contribution in [0, 0.1) is 0 Å². The number of hydrogen-bond donors (Lipinski definition) is 0. The maximum atomic E-state index is 4.13. The monoisotopic (exact) mass is 242 g/mol. The molecule has 3 heteroatoms. The number of allylic oxidation sites excluding steroid dienone is 1. The van der Waals surface area contributed by atoms with E-state index in [2.05, 4.69) is 45.4 Å². The van der Waals surface area contributed by atoms with Crippen LogP contribution in [0.25, 0.3) is 6.08 Å². The van der Waals surface area contributed by atoms with E-state index in [0.29, 0.717) is 0 Å². The first-order valence-electron chi connectivity index (χ1n) is 4.51. The molecular formula is C10H15BrN2. The summed E-state index contributed by atoms with van der Waals surface area (Å²) in [5, 5.41) is 0.921. The summed E-state index contributed by atoms with van der Waals surface area (Å²) < 4.78 is 2.17. The second kappa shape index (κ2) is 5.22. The zero-order valence-electron chi connectivity index (χ0n) is 8.13. The van der Waals surface area contributed by atoms with Gasteiger partial charge in [0, 0.05) is 11.9 Å². The summed E-state index contributed by atoms with van der Waals surface area (Å²) >= 11 is 3.43. The Bertz CT molecular complexity index is 289. The Hall–Kier alpha value is -0.570. The highest BCUT2D eigenvalue weighted by atomic mass is 79.9. The van der Waals surface area contributed by atoms with Crippen molar-refractivity contribution in [1.29, 1.82) is 0 Å². The van der Waals surface area contributed by atoms with Crippen molar-refractivity contribution in [3.05, 3.63) is 23.8 Å². The van der Waals surface area contributed by atoms with Gasteiger partial charge in [-0.1, -0.05) is 28.4 Å². The van der Waals surface area contributed by atoms with Crippen molar-refractivity contribution in [3.63, 3.8) is 0 Å². The highest BCUT2D eigenvalue weighted by molar-refractivity contribution is 9.09. The molecule has 0 atom stereocenters. The lowest BCUT2D eigenvalue weighted by molar-refractivity contribution is 0.673. The molecule has 0 N–H and O–H groups in total. The van der Waals surface area contributed by atoms with Gasteiger partial charge in [0.1, 0.15) is 0 Å². The molecule has 0 aliphatic rings. The molecule has 0 unspecified atom stereocenters. The van der Waals surface area contributed by atoms with E-state index in [1.165, 1.54) is 11.3 Å². The molecule has 0 fully saturated rings. The van der Waals surface area contributed by atoms with Crippen LogP contribution in [-0.2, 0) is 6.54 Å². The Morgan fingerprint density at radius 3 is 3.08 bits per heavy atom.